The van der Waals surface area contributed by atoms with Crippen LogP contribution in [-0.2, 0) is 9.53 Å². The Morgan fingerprint density at radius 3 is 2.00 bits per heavy atom. The molecule has 0 spiro atoms. The van der Waals surface area contributed by atoms with Crippen molar-refractivity contribution < 1.29 is 19.1 Å². The first-order chi connectivity index (χ1) is 21.2. The zero-order valence-corrected chi connectivity index (χ0v) is 26.1. The van der Waals surface area contributed by atoms with E-state index in [2.05, 4.69) is 24.1 Å². The smallest absolute Gasteiger partial charge is 0.325 e. The van der Waals surface area contributed by atoms with Gasteiger partial charge in [-0.1, -0.05) is 44.2 Å². The Bertz CT molecular complexity index is 1480. The van der Waals surface area contributed by atoms with E-state index in [1.54, 1.807) is 45.3 Å². The summed E-state index contributed by atoms with van der Waals surface area (Å²) in [6.45, 7) is 13.0. The summed E-state index contributed by atoms with van der Waals surface area (Å²) in [6.07, 6.45) is 3.53. The normalized spacial score (nSPS) is 11.2. The van der Waals surface area contributed by atoms with Crippen LogP contribution in [0.15, 0.2) is 91.3 Å². The summed E-state index contributed by atoms with van der Waals surface area (Å²) in [5, 5.41) is 2.60. The molecular weight excluding hydrogens is 554 g/mol. The number of ether oxygens (including phenoxy) is 2. The summed E-state index contributed by atoms with van der Waals surface area (Å²) in [7, 11) is 0. The number of esters is 1. The van der Waals surface area contributed by atoms with Crippen LogP contribution in [0.2, 0.25) is 0 Å². The molecule has 3 aromatic carbocycles. The zero-order valence-electron chi connectivity index (χ0n) is 26.1. The van der Waals surface area contributed by atoms with Gasteiger partial charge < -0.3 is 19.7 Å². The van der Waals surface area contributed by atoms with Gasteiger partial charge in [0, 0.05) is 41.4 Å². The maximum atomic E-state index is 12.5. The van der Waals surface area contributed by atoms with Gasteiger partial charge in [0.15, 0.2) is 0 Å². The number of amides is 1. The average molecular weight is 596 g/mol. The van der Waals surface area contributed by atoms with Crippen molar-refractivity contribution in [1.29, 1.82) is 0 Å². The molecule has 0 fully saturated rings. The lowest BCUT2D eigenvalue weighted by Gasteiger charge is -2.23. The summed E-state index contributed by atoms with van der Waals surface area (Å²) in [5.41, 5.74) is 3.32. The molecule has 0 bridgehead atoms. The molecule has 0 atom stereocenters. The van der Waals surface area contributed by atoms with E-state index in [0.29, 0.717) is 18.1 Å². The second-order valence-electron chi connectivity index (χ2n) is 11.2. The second-order valence-corrected chi connectivity index (χ2v) is 11.2. The summed E-state index contributed by atoms with van der Waals surface area (Å²) in [4.78, 5) is 38.2. The second kappa shape index (κ2) is 15.1. The minimum atomic E-state index is -0.607. The van der Waals surface area contributed by atoms with Crippen molar-refractivity contribution in [2.45, 2.75) is 40.2 Å². The van der Waals surface area contributed by atoms with Gasteiger partial charge in [-0.05, 0) is 88.0 Å². The highest BCUT2D eigenvalue weighted by Gasteiger charge is 2.18. The fraction of sp³-hybridized carbons (Fsp3) is 0.314. The molecule has 9 heteroatoms. The number of para-hydroxylation sites is 1. The van der Waals surface area contributed by atoms with Crippen LogP contribution in [0, 0.1) is 0 Å². The lowest BCUT2D eigenvalue weighted by molar-refractivity contribution is -0.153. The van der Waals surface area contributed by atoms with Crippen molar-refractivity contribution in [2.24, 2.45) is 0 Å². The first-order valence-corrected chi connectivity index (χ1v) is 14.9. The molecule has 1 N–H and O–H groups in total. The van der Waals surface area contributed by atoms with Crippen molar-refractivity contribution in [3.63, 3.8) is 0 Å². The Morgan fingerprint density at radius 1 is 0.795 bits per heavy atom. The van der Waals surface area contributed by atoms with Crippen LogP contribution in [0.4, 0.5) is 17.3 Å². The molecule has 0 aliphatic rings. The van der Waals surface area contributed by atoms with E-state index in [-0.39, 0.29) is 12.5 Å². The van der Waals surface area contributed by atoms with Crippen LogP contribution in [-0.4, -0.2) is 65.1 Å². The van der Waals surface area contributed by atoms with E-state index in [0.717, 1.165) is 47.9 Å². The third-order valence-corrected chi connectivity index (χ3v) is 6.81. The van der Waals surface area contributed by atoms with Gasteiger partial charge in [-0.3, -0.25) is 14.5 Å². The largest absolute Gasteiger partial charge is 0.492 e. The van der Waals surface area contributed by atoms with Crippen molar-refractivity contribution in [2.75, 3.05) is 37.7 Å². The maximum Gasteiger partial charge on any atom is 0.325 e. The van der Waals surface area contributed by atoms with Gasteiger partial charge in [-0.2, -0.15) is 0 Å². The van der Waals surface area contributed by atoms with Gasteiger partial charge in [-0.25, -0.2) is 9.97 Å². The van der Waals surface area contributed by atoms with Crippen LogP contribution >= 0.6 is 0 Å². The Labute approximate surface area is 259 Å². The van der Waals surface area contributed by atoms with E-state index in [9.17, 15) is 9.59 Å². The van der Waals surface area contributed by atoms with Gasteiger partial charge in [-0.15, -0.1) is 0 Å². The zero-order chi connectivity index (χ0) is 31.5. The first-order valence-electron chi connectivity index (χ1n) is 14.9. The number of aromatic nitrogens is 2. The van der Waals surface area contributed by atoms with Crippen molar-refractivity contribution in [3.8, 4) is 16.9 Å². The molecule has 4 aromatic rings. The number of likely N-dealkylation sites (N-methyl/N-ethyl adjacent to an activating group) is 1. The molecule has 9 nitrogen and oxygen atoms in total. The molecule has 0 aliphatic carbocycles. The number of hydrogen-bond acceptors (Lipinski definition) is 8. The highest BCUT2D eigenvalue weighted by Crippen LogP contribution is 2.33. The Balaban J connectivity index is 1.45. The third-order valence-electron chi connectivity index (χ3n) is 6.81. The molecule has 1 amide bonds. The van der Waals surface area contributed by atoms with Crippen LogP contribution in [0.5, 0.6) is 5.75 Å². The molecule has 0 saturated heterocycles. The van der Waals surface area contributed by atoms with E-state index in [4.69, 9.17) is 19.4 Å². The lowest BCUT2D eigenvalue weighted by atomic mass is 10.1. The fourth-order valence-corrected chi connectivity index (χ4v) is 4.51. The first kappa shape index (κ1) is 32.2. The van der Waals surface area contributed by atoms with E-state index >= 15 is 0 Å². The monoisotopic (exact) mass is 595 g/mol. The molecule has 0 radical (unpaired) electrons. The number of rotatable bonds is 13. The van der Waals surface area contributed by atoms with E-state index < -0.39 is 11.6 Å². The fourth-order valence-electron chi connectivity index (χ4n) is 4.51. The molecule has 44 heavy (non-hydrogen) atoms. The lowest BCUT2D eigenvalue weighted by Crippen LogP contribution is -2.34. The molecule has 1 aromatic heterocycles. The molecule has 0 unspecified atom stereocenters. The molecule has 0 saturated carbocycles. The molecule has 230 valence electrons. The minimum Gasteiger partial charge on any atom is -0.492 e. The van der Waals surface area contributed by atoms with Gasteiger partial charge in [0.25, 0.3) is 5.91 Å². The number of anilines is 3. The van der Waals surface area contributed by atoms with Gasteiger partial charge in [0.2, 0.25) is 5.95 Å². The minimum absolute atomic E-state index is 0.197. The Kier molecular flexibility index (Phi) is 11.0. The summed E-state index contributed by atoms with van der Waals surface area (Å²) < 4.78 is 11.2. The predicted octanol–water partition coefficient (Wildman–Crippen LogP) is 6.41. The molecule has 4 rings (SSSR count). The third kappa shape index (κ3) is 9.12. The van der Waals surface area contributed by atoms with E-state index in [1.807, 2.05) is 71.6 Å². The van der Waals surface area contributed by atoms with Gasteiger partial charge in [0.1, 0.15) is 24.5 Å². The maximum absolute atomic E-state index is 12.5. The van der Waals surface area contributed by atoms with Crippen LogP contribution in [0.25, 0.3) is 11.1 Å². The number of nitrogens with zero attached hydrogens (tertiary/aromatic N) is 4. The number of benzene rings is 3. The number of carbonyl (C=O) groups excluding carboxylic acids is 2. The van der Waals surface area contributed by atoms with Crippen molar-refractivity contribution in [1.82, 2.24) is 20.2 Å². The summed E-state index contributed by atoms with van der Waals surface area (Å²) in [5.74, 6) is 0.493. The number of nitrogens with one attached hydrogen (secondary N) is 1. The van der Waals surface area contributed by atoms with Crippen LogP contribution in [0.3, 0.4) is 0 Å². The standard InChI is InChI=1S/C35H41N5O4/c1-6-39(7-2)21-22-43-31-19-17-30(18-20-31)40(29-11-9-8-10-12-29)34-37-23-28(24-38-34)26-13-15-27(16-14-26)33(42)36-25-32(41)44-35(3,4)5/h8-20,23-24H,6-7,21-22,25H2,1-5H3,(H,36,42). The summed E-state index contributed by atoms with van der Waals surface area (Å²) >= 11 is 0. The molecular formula is C35H41N5O4. The van der Waals surface area contributed by atoms with Crippen LogP contribution < -0.4 is 15.0 Å². The van der Waals surface area contributed by atoms with Crippen molar-refractivity contribution in [3.05, 3.63) is 96.8 Å². The van der Waals surface area contributed by atoms with Gasteiger partial charge >= 0.3 is 5.97 Å². The average Bonchev–Trinajstić information content (AvgIpc) is 3.03. The van der Waals surface area contributed by atoms with Crippen molar-refractivity contribution >= 4 is 29.2 Å². The Hall–Kier alpha value is -4.76. The number of carbonyl (C=O) groups is 2. The summed E-state index contributed by atoms with van der Waals surface area (Å²) in [6, 6.07) is 25.0. The molecule has 1 heterocycles. The van der Waals surface area contributed by atoms with Gasteiger partial charge in [0.05, 0.1) is 0 Å². The highest BCUT2D eigenvalue weighted by atomic mass is 16.6. The van der Waals surface area contributed by atoms with Crippen LogP contribution in [0.1, 0.15) is 45.0 Å². The quantitative estimate of drug-likeness (QED) is 0.177. The SMILES string of the molecule is CCN(CC)CCOc1ccc(N(c2ccccc2)c2ncc(-c3ccc(C(=O)NCC(=O)OC(C)(C)C)cc3)cn2)cc1. The highest BCUT2D eigenvalue weighted by molar-refractivity contribution is 5.96. The molecule has 0 aliphatic heterocycles. The number of hydrogen-bond donors (Lipinski definition) is 1. The predicted molar refractivity (Wildman–Crippen MR) is 174 cm³/mol. The van der Waals surface area contributed by atoms with E-state index in [1.165, 1.54) is 0 Å². The topological polar surface area (TPSA) is 96.9 Å². The Morgan fingerprint density at radius 2 is 1.41 bits per heavy atom.